The molecule has 3 heterocycles. The van der Waals surface area contributed by atoms with Gasteiger partial charge in [0.1, 0.15) is 11.9 Å². The molecular weight excluding hydrogens is 386 g/mol. The summed E-state index contributed by atoms with van der Waals surface area (Å²) >= 11 is 0. The topological polar surface area (TPSA) is 91.3 Å². The van der Waals surface area contributed by atoms with Crippen molar-refractivity contribution < 1.29 is 0 Å². The summed E-state index contributed by atoms with van der Waals surface area (Å²) in [4.78, 5) is 13.5. The van der Waals surface area contributed by atoms with Crippen molar-refractivity contribution in [3.8, 4) is 6.07 Å². The van der Waals surface area contributed by atoms with Gasteiger partial charge in [-0.15, -0.1) is 0 Å². The maximum Gasteiger partial charge on any atom is 0.157 e. The second-order valence-corrected chi connectivity index (χ2v) is 7.19. The minimum atomic E-state index is 0.590. The molecule has 31 heavy (non-hydrogen) atoms. The first-order chi connectivity index (χ1) is 15.2. The molecule has 0 radical (unpaired) electrons. The molecular formula is C24H19N7. The molecule has 0 aliphatic carbocycles. The summed E-state index contributed by atoms with van der Waals surface area (Å²) in [7, 11) is 0. The van der Waals surface area contributed by atoms with Gasteiger partial charge in [-0.1, -0.05) is 31.2 Å². The maximum atomic E-state index is 9.81. The Bertz CT molecular complexity index is 1520. The summed E-state index contributed by atoms with van der Waals surface area (Å²) < 4.78 is 1.99. The van der Waals surface area contributed by atoms with Gasteiger partial charge < -0.3 is 0 Å². The van der Waals surface area contributed by atoms with Gasteiger partial charge >= 0.3 is 0 Å². The van der Waals surface area contributed by atoms with Crippen LogP contribution in [-0.4, -0.2) is 25.6 Å². The van der Waals surface area contributed by atoms with Crippen LogP contribution in [0.1, 0.15) is 29.2 Å². The molecule has 0 atom stereocenters. The van der Waals surface area contributed by atoms with Crippen molar-refractivity contribution >= 4 is 39.7 Å². The lowest BCUT2D eigenvalue weighted by Crippen LogP contribution is -2.07. The van der Waals surface area contributed by atoms with Crippen molar-refractivity contribution in [3.63, 3.8) is 0 Å². The van der Waals surface area contributed by atoms with E-state index in [0.717, 1.165) is 51.0 Å². The lowest BCUT2D eigenvalue weighted by molar-refractivity contribution is 1.04. The van der Waals surface area contributed by atoms with Crippen LogP contribution in [0.5, 0.6) is 0 Å². The number of imidazole rings is 1. The number of nitriles is 1. The molecule has 150 valence electrons. The van der Waals surface area contributed by atoms with E-state index in [1.165, 1.54) is 0 Å². The zero-order valence-corrected chi connectivity index (χ0v) is 17.2. The zero-order valence-electron chi connectivity index (χ0n) is 17.2. The number of benzene rings is 2. The number of pyridine rings is 1. The number of rotatable bonds is 4. The number of hydrogen-bond acceptors (Lipinski definition) is 6. The number of aromatic nitrogens is 4. The van der Waals surface area contributed by atoms with Crippen molar-refractivity contribution in [1.82, 2.24) is 19.4 Å². The number of anilines is 1. The summed E-state index contributed by atoms with van der Waals surface area (Å²) in [5.74, 6) is 0.810. The number of fused-ring (bicyclic) bond motifs is 4. The van der Waals surface area contributed by atoms with Gasteiger partial charge in [-0.05, 0) is 42.7 Å². The fraction of sp³-hybridized carbons (Fsp3) is 0.125. The molecule has 0 aliphatic heterocycles. The van der Waals surface area contributed by atoms with Gasteiger partial charge in [0.05, 0.1) is 33.8 Å². The van der Waals surface area contributed by atoms with Gasteiger partial charge in [0.2, 0.25) is 0 Å². The Balaban J connectivity index is 1.69. The third kappa shape index (κ3) is 2.97. The van der Waals surface area contributed by atoms with E-state index in [2.05, 4.69) is 33.5 Å². The van der Waals surface area contributed by atoms with Crippen LogP contribution in [0.25, 0.3) is 27.7 Å². The lowest BCUT2D eigenvalue weighted by atomic mass is 10.0. The van der Waals surface area contributed by atoms with Crippen LogP contribution in [0, 0.1) is 18.3 Å². The molecule has 7 nitrogen and oxygen atoms in total. The first-order valence-electron chi connectivity index (χ1n) is 10.0. The minimum Gasteiger partial charge on any atom is -0.276 e. The van der Waals surface area contributed by atoms with Crippen LogP contribution in [0.15, 0.2) is 60.0 Å². The van der Waals surface area contributed by atoms with E-state index in [1.807, 2.05) is 53.8 Å². The highest BCUT2D eigenvalue weighted by Crippen LogP contribution is 2.31. The van der Waals surface area contributed by atoms with Crippen molar-refractivity contribution in [3.05, 3.63) is 77.1 Å². The SMILES string of the molecule is CCc1c(C)c(C#N)c2nc3ccccc3n2c1NN=Cc1cccc2nccnc12. The largest absolute Gasteiger partial charge is 0.276 e. The van der Waals surface area contributed by atoms with Crippen LogP contribution in [0.4, 0.5) is 5.82 Å². The fourth-order valence-electron chi connectivity index (χ4n) is 4.02. The average Bonchev–Trinajstić information content (AvgIpc) is 3.18. The highest BCUT2D eigenvalue weighted by Gasteiger charge is 2.19. The molecule has 0 spiro atoms. The molecule has 0 saturated carbocycles. The number of nitrogens with one attached hydrogen (secondary N) is 1. The predicted octanol–water partition coefficient (Wildman–Crippen LogP) is 4.62. The van der Waals surface area contributed by atoms with Gasteiger partial charge in [0.25, 0.3) is 0 Å². The van der Waals surface area contributed by atoms with Crippen molar-refractivity contribution in [2.75, 3.05) is 5.43 Å². The number of para-hydroxylation sites is 3. The quantitative estimate of drug-likeness (QED) is 0.348. The molecule has 0 amide bonds. The summed E-state index contributed by atoms with van der Waals surface area (Å²) in [5, 5.41) is 14.3. The molecule has 0 fully saturated rings. The summed E-state index contributed by atoms with van der Waals surface area (Å²) in [6, 6.07) is 16.0. The molecule has 0 bridgehead atoms. The second-order valence-electron chi connectivity index (χ2n) is 7.19. The number of nitrogens with zero attached hydrogens (tertiary/aromatic N) is 6. The number of hydrazone groups is 1. The smallest absolute Gasteiger partial charge is 0.157 e. The fourth-order valence-corrected chi connectivity index (χ4v) is 4.02. The second kappa shape index (κ2) is 7.50. The van der Waals surface area contributed by atoms with E-state index in [9.17, 15) is 5.26 Å². The first kappa shape index (κ1) is 18.7. The normalized spacial score (nSPS) is 11.5. The Labute approximate surface area is 178 Å². The first-order valence-corrected chi connectivity index (χ1v) is 10.0. The molecule has 0 saturated heterocycles. The van der Waals surface area contributed by atoms with Gasteiger partial charge in [-0.25, -0.2) is 4.98 Å². The third-order valence-corrected chi connectivity index (χ3v) is 5.49. The lowest BCUT2D eigenvalue weighted by Gasteiger charge is -2.15. The van der Waals surface area contributed by atoms with Crippen molar-refractivity contribution in [2.24, 2.45) is 5.10 Å². The molecule has 1 N–H and O–H groups in total. The van der Waals surface area contributed by atoms with Crippen LogP contribution in [0.2, 0.25) is 0 Å². The van der Waals surface area contributed by atoms with E-state index in [1.54, 1.807) is 18.6 Å². The minimum absolute atomic E-state index is 0.590. The molecule has 7 heteroatoms. The van der Waals surface area contributed by atoms with Crippen LogP contribution in [-0.2, 0) is 6.42 Å². The molecule has 5 aromatic rings. The Kier molecular flexibility index (Phi) is 4.53. The van der Waals surface area contributed by atoms with Gasteiger partial charge in [-0.3, -0.25) is 19.8 Å². The van der Waals surface area contributed by atoms with Crippen molar-refractivity contribution in [1.29, 1.82) is 5.26 Å². The zero-order chi connectivity index (χ0) is 21.4. The summed E-state index contributed by atoms with van der Waals surface area (Å²) in [5.41, 5.74) is 10.6. The summed E-state index contributed by atoms with van der Waals surface area (Å²) in [6.07, 6.45) is 5.85. The van der Waals surface area contributed by atoms with Crippen LogP contribution < -0.4 is 5.43 Å². The maximum absolute atomic E-state index is 9.81. The molecule has 0 unspecified atom stereocenters. The Morgan fingerprint density at radius 1 is 1.10 bits per heavy atom. The van der Waals surface area contributed by atoms with E-state index in [0.29, 0.717) is 11.2 Å². The van der Waals surface area contributed by atoms with E-state index < -0.39 is 0 Å². The van der Waals surface area contributed by atoms with Gasteiger partial charge in [0, 0.05) is 18.0 Å². The van der Waals surface area contributed by atoms with Crippen molar-refractivity contribution in [2.45, 2.75) is 20.3 Å². The van der Waals surface area contributed by atoms with E-state index in [-0.39, 0.29) is 0 Å². The molecule has 2 aromatic carbocycles. The Hall–Kier alpha value is -4.31. The highest BCUT2D eigenvalue weighted by molar-refractivity contribution is 5.96. The standard InChI is InChI=1S/C24H19N7/c1-3-17-15(2)18(13-25)23-29-19-8-4-5-10-21(19)31(23)24(17)30-28-14-16-7-6-9-20-22(16)27-12-11-26-20/h4-12,14,30H,3H2,1-2H3. The van der Waals surface area contributed by atoms with Crippen LogP contribution in [0.3, 0.4) is 0 Å². The van der Waals surface area contributed by atoms with Gasteiger partial charge in [0.15, 0.2) is 5.65 Å². The number of hydrogen-bond donors (Lipinski definition) is 1. The van der Waals surface area contributed by atoms with E-state index >= 15 is 0 Å². The molecule has 0 aliphatic rings. The Morgan fingerprint density at radius 3 is 2.74 bits per heavy atom. The highest BCUT2D eigenvalue weighted by atomic mass is 15.3. The third-order valence-electron chi connectivity index (χ3n) is 5.49. The van der Waals surface area contributed by atoms with E-state index in [4.69, 9.17) is 4.98 Å². The molecule has 3 aromatic heterocycles. The average molecular weight is 405 g/mol. The predicted molar refractivity (Wildman–Crippen MR) is 122 cm³/mol. The Morgan fingerprint density at radius 2 is 1.90 bits per heavy atom. The molecule has 5 rings (SSSR count). The van der Waals surface area contributed by atoms with Crippen LogP contribution >= 0.6 is 0 Å². The summed E-state index contributed by atoms with van der Waals surface area (Å²) in [6.45, 7) is 4.04. The monoisotopic (exact) mass is 405 g/mol. The van der Waals surface area contributed by atoms with Gasteiger partial charge in [-0.2, -0.15) is 10.4 Å².